The van der Waals surface area contributed by atoms with Crippen molar-refractivity contribution >= 4 is 0 Å². The molecular weight excluding hydrogens is 257 g/mol. The molecular formula is C15H18FN3O. The molecule has 2 heterocycles. The number of halogens is 1. The molecule has 1 atom stereocenters. The molecule has 1 aliphatic heterocycles. The summed E-state index contributed by atoms with van der Waals surface area (Å²) in [5, 5.41) is 3.37. The molecule has 1 aromatic carbocycles. The van der Waals surface area contributed by atoms with Crippen molar-refractivity contribution in [2.75, 3.05) is 20.2 Å². The molecule has 0 amide bonds. The fourth-order valence-electron chi connectivity index (χ4n) is 2.79. The van der Waals surface area contributed by atoms with Crippen molar-refractivity contribution in [3.63, 3.8) is 0 Å². The van der Waals surface area contributed by atoms with E-state index in [2.05, 4.69) is 17.2 Å². The molecule has 1 N–H and O–H groups in total. The summed E-state index contributed by atoms with van der Waals surface area (Å²) in [5.74, 6) is -0.108. The van der Waals surface area contributed by atoms with Crippen LogP contribution in [0.4, 0.5) is 4.39 Å². The highest BCUT2D eigenvalue weighted by Crippen LogP contribution is 2.32. The predicted octanol–water partition coefficient (Wildman–Crippen LogP) is 2.27. The number of aromatic nitrogens is 2. The fourth-order valence-corrected chi connectivity index (χ4v) is 2.79. The van der Waals surface area contributed by atoms with Gasteiger partial charge in [0, 0.05) is 35.6 Å². The molecule has 1 fully saturated rings. The third-order valence-electron chi connectivity index (χ3n) is 4.04. The fraction of sp³-hybridized carbons (Fsp3) is 0.400. The number of nitrogens with zero attached hydrogens (tertiary/aromatic N) is 2. The van der Waals surface area contributed by atoms with E-state index < -0.39 is 0 Å². The molecule has 1 saturated heterocycles. The average Bonchev–Trinajstić information content (AvgIpc) is 3.08. The van der Waals surface area contributed by atoms with E-state index in [9.17, 15) is 4.39 Å². The summed E-state index contributed by atoms with van der Waals surface area (Å²) >= 11 is 0. The van der Waals surface area contributed by atoms with Crippen LogP contribution in [0.3, 0.4) is 0 Å². The minimum Gasteiger partial charge on any atom is -0.494 e. The summed E-state index contributed by atoms with van der Waals surface area (Å²) in [4.78, 5) is 4.24. The number of methoxy groups -OCH3 is 1. The van der Waals surface area contributed by atoms with Gasteiger partial charge in [-0.15, -0.1) is 0 Å². The zero-order chi connectivity index (χ0) is 14.2. The Morgan fingerprint density at radius 2 is 2.30 bits per heavy atom. The van der Waals surface area contributed by atoms with Crippen LogP contribution in [0.15, 0.2) is 30.7 Å². The number of benzene rings is 1. The summed E-state index contributed by atoms with van der Waals surface area (Å²) in [7, 11) is 1.46. The molecule has 1 unspecified atom stereocenters. The van der Waals surface area contributed by atoms with E-state index in [-0.39, 0.29) is 17.0 Å². The van der Waals surface area contributed by atoms with Crippen LogP contribution < -0.4 is 10.1 Å². The van der Waals surface area contributed by atoms with Gasteiger partial charge in [-0.25, -0.2) is 9.37 Å². The van der Waals surface area contributed by atoms with E-state index in [0.29, 0.717) is 0 Å². The minimum atomic E-state index is -0.362. The molecule has 0 spiro atoms. The Morgan fingerprint density at radius 3 is 2.95 bits per heavy atom. The van der Waals surface area contributed by atoms with Gasteiger partial charge in [-0.1, -0.05) is 6.92 Å². The van der Waals surface area contributed by atoms with E-state index in [1.165, 1.54) is 13.2 Å². The number of rotatable bonds is 3. The van der Waals surface area contributed by atoms with Crippen molar-refractivity contribution in [1.29, 1.82) is 0 Å². The Hall–Kier alpha value is -1.88. The SMILES string of the molecule is COc1ccc(-n2cncc2C2(C)CCNC2)cc1F. The summed E-state index contributed by atoms with van der Waals surface area (Å²) in [5.41, 5.74) is 1.91. The van der Waals surface area contributed by atoms with Crippen molar-refractivity contribution in [3.05, 3.63) is 42.2 Å². The van der Waals surface area contributed by atoms with E-state index >= 15 is 0 Å². The van der Waals surface area contributed by atoms with Crippen LogP contribution in [0.25, 0.3) is 5.69 Å². The second kappa shape index (κ2) is 4.90. The maximum Gasteiger partial charge on any atom is 0.167 e. The Kier molecular flexibility index (Phi) is 3.22. The first-order valence-electron chi connectivity index (χ1n) is 6.71. The predicted molar refractivity (Wildman–Crippen MR) is 74.9 cm³/mol. The van der Waals surface area contributed by atoms with Crippen molar-refractivity contribution in [2.24, 2.45) is 0 Å². The molecule has 4 nitrogen and oxygen atoms in total. The van der Waals surface area contributed by atoms with Crippen molar-refractivity contribution in [3.8, 4) is 11.4 Å². The third kappa shape index (κ3) is 2.08. The molecule has 3 rings (SSSR count). The van der Waals surface area contributed by atoms with Crippen molar-refractivity contribution < 1.29 is 9.13 Å². The lowest BCUT2D eigenvalue weighted by Crippen LogP contribution is -2.27. The average molecular weight is 275 g/mol. The van der Waals surface area contributed by atoms with Gasteiger partial charge in [-0.2, -0.15) is 0 Å². The van der Waals surface area contributed by atoms with Gasteiger partial charge in [0.2, 0.25) is 0 Å². The summed E-state index contributed by atoms with van der Waals surface area (Å²) in [6.45, 7) is 4.12. The highest BCUT2D eigenvalue weighted by Gasteiger charge is 2.33. The smallest absolute Gasteiger partial charge is 0.167 e. The third-order valence-corrected chi connectivity index (χ3v) is 4.04. The lowest BCUT2D eigenvalue weighted by molar-refractivity contribution is 0.386. The molecule has 5 heteroatoms. The minimum absolute atomic E-state index is 0.0346. The molecule has 0 saturated carbocycles. The number of imidazole rings is 1. The second-order valence-corrected chi connectivity index (χ2v) is 5.46. The van der Waals surface area contributed by atoms with Gasteiger partial charge in [0.1, 0.15) is 0 Å². The maximum absolute atomic E-state index is 13.9. The van der Waals surface area contributed by atoms with Crippen LogP contribution in [0, 0.1) is 5.82 Å². The molecule has 2 aromatic rings. The first kappa shape index (κ1) is 13.1. The molecule has 0 bridgehead atoms. The van der Waals surface area contributed by atoms with E-state index in [1.54, 1.807) is 12.4 Å². The molecule has 0 radical (unpaired) electrons. The normalized spacial score (nSPS) is 22.1. The zero-order valence-corrected chi connectivity index (χ0v) is 11.7. The number of nitrogens with one attached hydrogen (secondary N) is 1. The molecule has 0 aliphatic carbocycles. The van der Waals surface area contributed by atoms with Gasteiger partial charge < -0.3 is 14.6 Å². The van der Waals surface area contributed by atoms with Gasteiger partial charge in [0.05, 0.1) is 13.4 Å². The molecule has 1 aromatic heterocycles. The van der Waals surface area contributed by atoms with Crippen LogP contribution in [-0.4, -0.2) is 29.8 Å². The highest BCUT2D eigenvalue weighted by molar-refractivity contribution is 5.41. The van der Waals surface area contributed by atoms with Crippen LogP contribution >= 0.6 is 0 Å². The zero-order valence-electron chi connectivity index (χ0n) is 11.7. The van der Waals surface area contributed by atoms with E-state index in [4.69, 9.17) is 4.74 Å². The monoisotopic (exact) mass is 275 g/mol. The van der Waals surface area contributed by atoms with Crippen LogP contribution in [0.5, 0.6) is 5.75 Å². The number of hydrogen-bond acceptors (Lipinski definition) is 3. The Morgan fingerprint density at radius 1 is 1.45 bits per heavy atom. The van der Waals surface area contributed by atoms with E-state index in [1.807, 2.05) is 16.8 Å². The maximum atomic E-state index is 13.9. The number of hydrogen-bond donors (Lipinski definition) is 1. The Bertz CT molecular complexity index is 617. The molecule has 106 valence electrons. The first-order valence-corrected chi connectivity index (χ1v) is 6.71. The Labute approximate surface area is 117 Å². The summed E-state index contributed by atoms with van der Waals surface area (Å²) in [6, 6.07) is 4.97. The number of ether oxygens (including phenoxy) is 1. The van der Waals surface area contributed by atoms with Gasteiger partial charge in [0.25, 0.3) is 0 Å². The molecule has 20 heavy (non-hydrogen) atoms. The second-order valence-electron chi connectivity index (χ2n) is 5.46. The van der Waals surface area contributed by atoms with Gasteiger partial charge >= 0.3 is 0 Å². The van der Waals surface area contributed by atoms with Crippen LogP contribution in [0.2, 0.25) is 0 Å². The Balaban J connectivity index is 2.03. The van der Waals surface area contributed by atoms with Crippen LogP contribution in [0.1, 0.15) is 19.0 Å². The quantitative estimate of drug-likeness (QED) is 0.934. The summed E-state index contributed by atoms with van der Waals surface area (Å²) < 4.78 is 20.8. The van der Waals surface area contributed by atoms with E-state index in [0.717, 1.165) is 30.9 Å². The van der Waals surface area contributed by atoms with Crippen molar-refractivity contribution in [1.82, 2.24) is 14.9 Å². The van der Waals surface area contributed by atoms with Gasteiger partial charge in [0.15, 0.2) is 11.6 Å². The highest BCUT2D eigenvalue weighted by atomic mass is 19.1. The van der Waals surface area contributed by atoms with Gasteiger partial charge in [-0.05, 0) is 25.1 Å². The standard InChI is InChI=1S/C15H18FN3O/c1-15(5-6-17-9-15)14-8-18-10-19(14)11-3-4-13(20-2)12(16)7-11/h3-4,7-8,10,17H,5-6,9H2,1-2H3. The first-order chi connectivity index (χ1) is 9.64. The summed E-state index contributed by atoms with van der Waals surface area (Å²) in [6.07, 6.45) is 4.66. The molecule has 1 aliphatic rings. The lowest BCUT2D eigenvalue weighted by atomic mass is 9.86. The van der Waals surface area contributed by atoms with Gasteiger partial charge in [-0.3, -0.25) is 0 Å². The largest absolute Gasteiger partial charge is 0.494 e. The lowest BCUT2D eigenvalue weighted by Gasteiger charge is -2.24. The topological polar surface area (TPSA) is 39.1 Å². The van der Waals surface area contributed by atoms with Crippen LogP contribution in [-0.2, 0) is 5.41 Å². The van der Waals surface area contributed by atoms with Crippen molar-refractivity contribution in [2.45, 2.75) is 18.8 Å².